The molecule has 1 unspecified atom stereocenters. The van der Waals surface area contributed by atoms with Gasteiger partial charge in [0.25, 0.3) is 5.91 Å². The molecule has 0 saturated carbocycles. The molecule has 1 aliphatic rings. The van der Waals surface area contributed by atoms with Crippen molar-refractivity contribution in [1.29, 1.82) is 0 Å². The number of aliphatic imine (C=N–C) groups is 1. The topological polar surface area (TPSA) is 32.7 Å². The summed E-state index contributed by atoms with van der Waals surface area (Å²) in [7, 11) is 1.81. The van der Waals surface area contributed by atoms with Crippen molar-refractivity contribution in [2.45, 2.75) is 26.3 Å². The number of fused-ring (bicyclic) bond motifs is 1. The molecule has 1 amide bonds. The third-order valence-corrected chi connectivity index (χ3v) is 5.71. The summed E-state index contributed by atoms with van der Waals surface area (Å²) in [5.41, 5.74) is 6.97. The quantitative estimate of drug-likeness (QED) is 0.578. The van der Waals surface area contributed by atoms with E-state index in [9.17, 15) is 4.79 Å². The lowest BCUT2D eigenvalue weighted by Crippen LogP contribution is -2.36. The van der Waals surface area contributed by atoms with Crippen LogP contribution in [0.4, 0.5) is 5.69 Å². The first-order valence-electron chi connectivity index (χ1n) is 9.71. The fourth-order valence-corrected chi connectivity index (χ4v) is 3.91. The van der Waals surface area contributed by atoms with Gasteiger partial charge in [-0.2, -0.15) is 0 Å². The Bertz CT molecular complexity index is 1100. The normalized spacial score (nSPS) is 16.3. The second-order valence-electron chi connectivity index (χ2n) is 7.55. The molecule has 3 aromatic carbocycles. The minimum absolute atomic E-state index is 0.0149. The first-order valence-corrected chi connectivity index (χ1v) is 10.1. The zero-order valence-corrected chi connectivity index (χ0v) is 17.6. The van der Waals surface area contributed by atoms with E-state index in [0.29, 0.717) is 11.4 Å². The fraction of sp³-hybridized carbons (Fsp3) is 0.200. The summed E-state index contributed by atoms with van der Waals surface area (Å²) in [5.74, 6) is -0.0149. The average molecular weight is 403 g/mol. The Hall–Kier alpha value is -2.91. The lowest BCUT2D eigenvalue weighted by Gasteiger charge is -2.21. The summed E-state index contributed by atoms with van der Waals surface area (Å²) >= 11 is 6.32. The minimum atomic E-state index is -0.497. The van der Waals surface area contributed by atoms with Crippen molar-refractivity contribution in [1.82, 2.24) is 0 Å². The molecule has 0 saturated heterocycles. The number of benzene rings is 3. The van der Waals surface area contributed by atoms with Gasteiger partial charge in [0.2, 0.25) is 0 Å². The summed E-state index contributed by atoms with van der Waals surface area (Å²) < 4.78 is 0. The molecule has 0 aromatic heterocycles. The molecular weight excluding hydrogens is 380 g/mol. The number of halogens is 1. The molecule has 1 aliphatic heterocycles. The lowest BCUT2D eigenvalue weighted by atomic mass is 9.99. The Labute approximate surface area is 176 Å². The highest BCUT2D eigenvalue weighted by molar-refractivity contribution is 6.32. The van der Waals surface area contributed by atoms with Gasteiger partial charge < -0.3 is 4.90 Å². The van der Waals surface area contributed by atoms with E-state index in [1.165, 1.54) is 11.1 Å². The SMILES string of the molecule is Cc1ccc(C2=NC(Cc3ccccc3C)C(=O)N(C)c3ccc(Cl)cc32)cc1. The number of carbonyl (C=O) groups excluding carboxylic acids is 1. The van der Waals surface area contributed by atoms with Crippen LogP contribution >= 0.6 is 11.6 Å². The molecule has 0 bridgehead atoms. The van der Waals surface area contributed by atoms with Gasteiger partial charge in [0.05, 0.1) is 11.4 Å². The summed E-state index contributed by atoms with van der Waals surface area (Å²) in [5, 5.41) is 0.627. The highest BCUT2D eigenvalue weighted by atomic mass is 35.5. The molecular formula is C25H23ClN2O. The van der Waals surface area contributed by atoms with Crippen molar-refractivity contribution in [2.24, 2.45) is 4.99 Å². The van der Waals surface area contributed by atoms with Gasteiger partial charge in [-0.15, -0.1) is 0 Å². The first kappa shape index (κ1) is 19.4. The Morgan fingerprint density at radius 3 is 2.45 bits per heavy atom. The van der Waals surface area contributed by atoms with Crippen LogP contribution in [0.2, 0.25) is 5.02 Å². The van der Waals surface area contributed by atoms with Gasteiger partial charge in [0.15, 0.2) is 0 Å². The maximum atomic E-state index is 13.3. The van der Waals surface area contributed by atoms with Gasteiger partial charge in [-0.25, -0.2) is 0 Å². The van der Waals surface area contributed by atoms with Gasteiger partial charge in [-0.3, -0.25) is 9.79 Å². The molecule has 29 heavy (non-hydrogen) atoms. The maximum Gasteiger partial charge on any atom is 0.251 e. The molecule has 0 aliphatic carbocycles. The number of hydrogen-bond donors (Lipinski definition) is 0. The van der Waals surface area contributed by atoms with Gasteiger partial charge in [-0.1, -0.05) is 65.7 Å². The fourth-order valence-electron chi connectivity index (χ4n) is 3.74. The van der Waals surface area contributed by atoms with E-state index in [1.807, 2.05) is 37.4 Å². The van der Waals surface area contributed by atoms with E-state index in [2.05, 4.69) is 50.2 Å². The van der Waals surface area contributed by atoms with Crippen LogP contribution in [0.5, 0.6) is 0 Å². The van der Waals surface area contributed by atoms with E-state index in [4.69, 9.17) is 16.6 Å². The molecule has 146 valence electrons. The third kappa shape index (κ3) is 3.83. The number of carbonyl (C=O) groups is 1. The summed E-state index contributed by atoms with van der Waals surface area (Å²) in [4.78, 5) is 20.0. The predicted octanol–water partition coefficient (Wildman–Crippen LogP) is 5.38. The lowest BCUT2D eigenvalue weighted by molar-refractivity contribution is -0.119. The van der Waals surface area contributed by atoms with Crippen LogP contribution in [-0.4, -0.2) is 24.7 Å². The van der Waals surface area contributed by atoms with Gasteiger partial charge in [0.1, 0.15) is 6.04 Å². The second kappa shape index (κ2) is 7.84. The van der Waals surface area contributed by atoms with Gasteiger partial charge in [0, 0.05) is 29.6 Å². The first-order chi connectivity index (χ1) is 13.9. The van der Waals surface area contributed by atoms with Crippen molar-refractivity contribution in [3.05, 3.63) is 99.6 Å². The molecule has 0 radical (unpaired) electrons. The van der Waals surface area contributed by atoms with Crippen molar-refractivity contribution in [2.75, 3.05) is 11.9 Å². The number of anilines is 1. The van der Waals surface area contributed by atoms with E-state index in [1.54, 1.807) is 4.90 Å². The zero-order valence-electron chi connectivity index (χ0n) is 16.8. The Balaban J connectivity index is 1.88. The monoisotopic (exact) mass is 402 g/mol. The van der Waals surface area contributed by atoms with Crippen LogP contribution < -0.4 is 4.90 Å². The molecule has 0 spiro atoms. The highest BCUT2D eigenvalue weighted by Crippen LogP contribution is 2.31. The number of aryl methyl sites for hydroxylation is 2. The maximum absolute atomic E-state index is 13.3. The summed E-state index contributed by atoms with van der Waals surface area (Å²) in [6, 6.07) is 21.5. The number of nitrogens with zero attached hydrogens (tertiary/aromatic N) is 2. The molecule has 0 N–H and O–H groups in total. The van der Waals surface area contributed by atoms with Crippen molar-refractivity contribution in [3.8, 4) is 0 Å². The molecule has 4 rings (SSSR count). The Kier molecular flexibility index (Phi) is 5.25. The molecule has 4 heteroatoms. The van der Waals surface area contributed by atoms with Gasteiger partial charge >= 0.3 is 0 Å². The van der Waals surface area contributed by atoms with Crippen molar-refractivity contribution < 1.29 is 4.79 Å². The molecule has 3 nitrogen and oxygen atoms in total. The Morgan fingerprint density at radius 2 is 1.72 bits per heavy atom. The van der Waals surface area contributed by atoms with Gasteiger partial charge in [-0.05, 0) is 43.2 Å². The van der Waals surface area contributed by atoms with Crippen molar-refractivity contribution in [3.63, 3.8) is 0 Å². The van der Waals surface area contributed by atoms with Crippen molar-refractivity contribution >= 4 is 28.9 Å². The van der Waals surface area contributed by atoms with Crippen LogP contribution in [0.1, 0.15) is 27.8 Å². The smallest absolute Gasteiger partial charge is 0.251 e. The number of rotatable bonds is 3. The van der Waals surface area contributed by atoms with E-state index in [0.717, 1.165) is 28.1 Å². The zero-order chi connectivity index (χ0) is 20.5. The van der Waals surface area contributed by atoms with Crippen LogP contribution in [0, 0.1) is 13.8 Å². The van der Waals surface area contributed by atoms with Crippen LogP contribution in [0.3, 0.4) is 0 Å². The Morgan fingerprint density at radius 1 is 1.00 bits per heavy atom. The largest absolute Gasteiger partial charge is 0.313 e. The summed E-state index contributed by atoms with van der Waals surface area (Å²) in [6.07, 6.45) is 0.562. The highest BCUT2D eigenvalue weighted by Gasteiger charge is 2.30. The number of likely N-dealkylation sites (N-methyl/N-ethyl adjacent to an activating group) is 1. The number of amides is 1. The molecule has 1 heterocycles. The van der Waals surface area contributed by atoms with Crippen LogP contribution in [0.25, 0.3) is 0 Å². The van der Waals surface area contributed by atoms with Crippen LogP contribution in [-0.2, 0) is 11.2 Å². The standard InChI is InChI=1S/C25H23ClN2O/c1-16-8-10-18(11-9-16)24-21-15-20(26)12-13-23(21)28(3)25(29)22(27-24)14-19-7-5-4-6-17(19)2/h4-13,15,22H,14H2,1-3H3. The van der Waals surface area contributed by atoms with E-state index < -0.39 is 6.04 Å². The second-order valence-corrected chi connectivity index (χ2v) is 7.99. The van der Waals surface area contributed by atoms with Crippen LogP contribution in [0.15, 0.2) is 71.7 Å². The average Bonchev–Trinajstić information content (AvgIpc) is 2.81. The molecule has 0 fully saturated rings. The molecule has 3 aromatic rings. The number of benzodiazepines with no additional fused rings is 1. The third-order valence-electron chi connectivity index (χ3n) is 5.48. The number of hydrogen-bond acceptors (Lipinski definition) is 2. The van der Waals surface area contributed by atoms with E-state index in [-0.39, 0.29) is 5.91 Å². The molecule has 1 atom stereocenters. The summed E-state index contributed by atoms with van der Waals surface area (Å²) in [6.45, 7) is 4.13. The predicted molar refractivity (Wildman–Crippen MR) is 120 cm³/mol. The van der Waals surface area contributed by atoms with E-state index >= 15 is 0 Å². The minimum Gasteiger partial charge on any atom is -0.313 e.